The lowest BCUT2D eigenvalue weighted by Crippen LogP contribution is -2.43. The highest BCUT2D eigenvalue weighted by molar-refractivity contribution is 5.82. The molecule has 0 bridgehead atoms. The first-order valence-electron chi connectivity index (χ1n) is 6.84. The van der Waals surface area contributed by atoms with Gasteiger partial charge < -0.3 is 16.2 Å². The molecule has 0 spiro atoms. The lowest BCUT2D eigenvalue weighted by molar-refractivity contribution is -0.141. The molecule has 4 N–H and O–H groups in total. The molecule has 20 heavy (non-hydrogen) atoms. The van der Waals surface area contributed by atoms with E-state index in [9.17, 15) is 9.59 Å². The van der Waals surface area contributed by atoms with E-state index in [4.69, 9.17) is 10.8 Å². The summed E-state index contributed by atoms with van der Waals surface area (Å²) in [4.78, 5) is 22.6. The van der Waals surface area contributed by atoms with Gasteiger partial charge in [-0.15, -0.1) is 0 Å². The van der Waals surface area contributed by atoms with Crippen molar-refractivity contribution in [2.24, 2.45) is 11.7 Å². The Bertz CT molecular complexity index is 434. The number of benzene rings is 1. The Morgan fingerprint density at radius 1 is 1.30 bits per heavy atom. The third kappa shape index (κ3) is 5.40. The van der Waals surface area contributed by atoms with Gasteiger partial charge in [0.25, 0.3) is 0 Å². The average Bonchev–Trinajstić information content (AvgIpc) is 2.45. The Balaban J connectivity index is 2.34. The molecule has 0 aromatic heterocycles. The van der Waals surface area contributed by atoms with Crippen LogP contribution < -0.4 is 11.1 Å². The fourth-order valence-corrected chi connectivity index (χ4v) is 1.86. The summed E-state index contributed by atoms with van der Waals surface area (Å²) < 4.78 is 0. The minimum atomic E-state index is -0.898. The minimum absolute atomic E-state index is 0.129. The highest BCUT2D eigenvalue weighted by Crippen LogP contribution is 2.05. The van der Waals surface area contributed by atoms with Gasteiger partial charge in [-0.3, -0.25) is 9.59 Å². The molecule has 0 aliphatic rings. The number of rotatable bonds is 8. The molecule has 110 valence electrons. The summed E-state index contributed by atoms with van der Waals surface area (Å²) in [6.45, 7) is 1.91. The SMILES string of the molecule is CCC(CNC(=O)[C@@H](N)CCc1ccccc1)C(=O)O. The number of aliphatic carboxylic acids is 1. The molecule has 0 aliphatic heterocycles. The number of carbonyl (C=O) groups excluding carboxylic acids is 1. The van der Waals surface area contributed by atoms with Gasteiger partial charge in [0.15, 0.2) is 0 Å². The van der Waals surface area contributed by atoms with Crippen LogP contribution in [-0.2, 0) is 16.0 Å². The summed E-state index contributed by atoms with van der Waals surface area (Å²) in [6, 6.07) is 9.19. The zero-order valence-electron chi connectivity index (χ0n) is 11.7. The molecule has 0 radical (unpaired) electrons. The van der Waals surface area contributed by atoms with Crippen molar-refractivity contribution in [1.29, 1.82) is 0 Å². The number of hydrogen-bond acceptors (Lipinski definition) is 3. The van der Waals surface area contributed by atoms with Crippen molar-refractivity contribution in [2.75, 3.05) is 6.54 Å². The van der Waals surface area contributed by atoms with Crippen LogP contribution in [0.4, 0.5) is 0 Å². The van der Waals surface area contributed by atoms with E-state index in [1.54, 1.807) is 6.92 Å². The van der Waals surface area contributed by atoms with Crippen LogP contribution >= 0.6 is 0 Å². The van der Waals surface area contributed by atoms with Crippen LogP contribution in [0, 0.1) is 5.92 Å². The summed E-state index contributed by atoms with van der Waals surface area (Å²) in [5, 5.41) is 11.5. The Morgan fingerprint density at radius 3 is 2.50 bits per heavy atom. The van der Waals surface area contributed by atoms with E-state index in [2.05, 4.69) is 5.32 Å². The van der Waals surface area contributed by atoms with Gasteiger partial charge in [-0.25, -0.2) is 0 Å². The second-order valence-corrected chi connectivity index (χ2v) is 4.82. The monoisotopic (exact) mass is 278 g/mol. The molecule has 1 aromatic rings. The Morgan fingerprint density at radius 2 is 1.95 bits per heavy atom. The maximum Gasteiger partial charge on any atom is 0.308 e. The fraction of sp³-hybridized carbons (Fsp3) is 0.467. The first-order chi connectivity index (χ1) is 9.54. The number of carboxylic acid groups (broad SMARTS) is 1. The molecular formula is C15H22N2O3. The predicted molar refractivity (Wildman–Crippen MR) is 77.2 cm³/mol. The van der Waals surface area contributed by atoms with Crippen LogP contribution in [0.3, 0.4) is 0 Å². The largest absolute Gasteiger partial charge is 0.481 e. The molecule has 2 atom stereocenters. The minimum Gasteiger partial charge on any atom is -0.481 e. The topological polar surface area (TPSA) is 92.4 Å². The molecule has 0 fully saturated rings. The van der Waals surface area contributed by atoms with E-state index in [-0.39, 0.29) is 12.5 Å². The smallest absolute Gasteiger partial charge is 0.308 e. The number of carbonyl (C=O) groups is 2. The van der Waals surface area contributed by atoms with Crippen LogP contribution in [0.1, 0.15) is 25.3 Å². The number of aryl methyl sites for hydroxylation is 1. The molecule has 0 saturated heterocycles. The first-order valence-corrected chi connectivity index (χ1v) is 6.84. The third-order valence-electron chi connectivity index (χ3n) is 3.29. The molecule has 1 aromatic carbocycles. The second-order valence-electron chi connectivity index (χ2n) is 4.82. The molecular weight excluding hydrogens is 256 g/mol. The fourth-order valence-electron chi connectivity index (χ4n) is 1.86. The molecule has 0 heterocycles. The van der Waals surface area contributed by atoms with E-state index in [1.807, 2.05) is 30.3 Å². The lowest BCUT2D eigenvalue weighted by atomic mass is 10.0. The highest BCUT2D eigenvalue weighted by atomic mass is 16.4. The van der Waals surface area contributed by atoms with Crippen LogP contribution in [0.15, 0.2) is 30.3 Å². The average molecular weight is 278 g/mol. The van der Waals surface area contributed by atoms with Gasteiger partial charge in [-0.05, 0) is 24.8 Å². The van der Waals surface area contributed by atoms with Gasteiger partial charge >= 0.3 is 5.97 Å². The van der Waals surface area contributed by atoms with E-state index in [1.165, 1.54) is 0 Å². The Kier molecular flexibility index (Phi) is 6.73. The van der Waals surface area contributed by atoms with Crippen molar-refractivity contribution in [3.05, 3.63) is 35.9 Å². The Hall–Kier alpha value is -1.88. The van der Waals surface area contributed by atoms with Crippen LogP contribution in [0.5, 0.6) is 0 Å². The highest BCUT2D eigenvalue weighted by Gasteiger charge is 2.18. The molecule has 5 nitrogen and oxygen atoms in total. The summed E-state index contributed by atoms with van der Waals surface area (Å²) in [7, 11) is 0. The Labute approximate surface area is 119 Å². The van der Waals surface area contributed by atoms with E-state index >= 15 is 0 Å². The molecule has 0 saturated carbocycles. The molecule has 1 unspecified atom stereocenters. The van der Waals surface area contributed by atoms with Gasteiger partial charge in [0, 0.05) is 6.54 Å². The van der Waals surface area contributed by atoms with E-state index in [0.29, 0.717) is 12.8 Å². The van der Waals surface area contributed by atoms with Crippen molar-refractivity contribution in [1.82, 2.24) is 5.32 Å². The van der Waals surface area contributed by atoms with Gasteiger partial charge in [0.2, 0.25) is 5.91 Å². The van der Waals surface area contributed by atoms with Crippen molar-refractivity contribution in [3.63, 3.8) is 0 Å². The van der Waals surface area contributed by atoms with Crippen molar-refractivity contribution in [3.8, 4) is 0 Å². The molecule has 1 amide bonds. The summed E-state index contributed by atoms with van der Waals surface area (Å²) in [5.41, 5.74) is 6.94. The van der Waals surface area contributed by atoms with Crippen molar-refractivity contribution >= 4 is 11.9 Å². The number of amides is 1. The standard InChI is InChI=1S/C15H22N2O3/c1-2-12(15(19)20)10-17-14(18)13(16)9-8-11-6-4-3-5-7-11/h3-7,12-13H,2,8-10,16H2,1H3,(H,17,18)(H,19,20)/t12?,13-/m0/s1. The molecule has 5 heteroatoms. The summed E-state index contributed by atoms with van der Waals surface area (Å²) in [5.74, 6) is -1.74. The van der Waals surface area contributed by atoms with Crippen LogP contribution in [0.2, 0.25) is 0 Å². The van der Waals surface area contributed by atoms with Gasteiger partial charge in [0.05, 0.1) is 12.0 Å². The predicted octanol–water partition coefficient (Wildman–Crippen LogP) is 1.17. The normalized spacial score (nSPS) is 13.5. The van der Waals surface area contributed by atoms with E-state index in [0.717, 1.165) is 12.0 Å². The second kappa shape index (κ2) is 8.32. The van der Waals surface area contributed by atoms with Crippen LogP contribution in [0.25, 0.3) is 0 Å². The number of hydrogen-bond donors (Lipinski definition) is 3. The summed E-state index contributed by atoms with van der Waals surface area (Å²) >= 11 is 0. The van der Waals surface area contributed by atoms with Gasteiger partial charge in [-0.1, -0.05) is 37.3 Å². The maximum atomic E-state index is 11.8. The third-order valence-corrected chi connectivity index (χ3v) is 3.29. The van der Waals surface area contributed by atoms with Crippen LogP contribution in [-0.4, -0.2) is 29.6 Å². The lowest BCUT2D eigenvalue weighted by Gasteiger charge is -2.15. The van der Waals surface area contributed by atoms with E-state index < -0.39 is 17.9 Å². The maximum absolute atomic E-state index is 11.8. The zero-order valence-corrected chi connectivity index (χ0v) is 11.7. The number of nitrogens with one attached hydrogen (secondary N) is 1. The van der Waals surface area contributed by atoms with Crippen molar-refractivity contribution in [2.45, 2.75) is 32.2 Å². The van der Waals surface area contributed by atoms with Crippen molar-refractivity contribution < 1.29 is 14.7 Å². The van der Waals surface area contributed by atoms with Gasteiger partial charge in [0.1, 0.15) is 0 Å². The van der Waals surface area contributed by atoms with Gasteiger partial charge in [-0.2, -0.15) is 0 Å². The summed E-state index contributed by atoms with van der Waals surface area (Å²) in [6.07, 6.45) is 1.75. The first kappa shape index (κ1) is 16.2. The molecule has 0 aliphatic carbocycles. The zero-order chi connectivity index (χ0) is 15.0. The number of nitrogens with two attached hydrogens (primary N) is 1. The molecule has 1 rings (SSSR count). The quantitative estimate of drug-likeness (QED) is 0.665. The number of carboxylic acids is 1.